The molecule has 0 saturated carbocycles. The molecule has 0 fully saturated rings. The molecule has 1 aromatic heterocycles. The molecule has 3 heteroatoms. The molecule has 0 unspecified atom stereocenters. The molecule has 0 radical (unpaired) electrons. The van der Waals surface area contributed by atoms with E-state index in [1.54, 1.807) is 6.07 Å². The summed E-state index contributed by atoms with van der Waals surface area (Å²) in [5, 5.41) is 0.992. The van der Waals surface area contributed by atoms with Crippen LogP contribution in [0.5, 0.6) is 0 Å². The molecule has 0 saturated heterocycles. The number of para-hydroxylation sites is 1. The molecule has 0 aliphatic heterocycles. The highest BCUT2D eigenvalue weighted by Gasteiger charge is 2.20. The highest BCUT2D eigenvalue weighted by molar-refractivity contribution is 5.91. The summed E-state index contributed by atoms with van der Waals surface area (Å²) in [6, 6.07) is 30.8. The number of fused-ring (bicyclic) bond motifs is 1. The summed E-state index contributed by atoms with van der Waals surface area (Å²) in [7, 11) is 0. The first-order valence-corrected chi connectivity index (χ1v) is 8.48. The van der Waals surface area contributed by atoms with Gasteiger partial charge < -0.3 is 4.74 Å². The van der Waals surface area contributed by atoms with Crippen LogP contribution in [0.1, 0.15) is 27.7 Å². The van der Waals surface area contributed by atoms with Crippen LogP contribution in [0.3, 0.4) is 0 Å². The average Bonchev–Trinajstić information content (AvgIpc) is 2.72. The van der Waals surface area contributed by atoms with Gasteiger partial charge in [0, 0.05) is 5.39 Å². The summed E-state index contributed by atoms with van der Waals surface area (Å²) in [6.45, 7) is 0. The molecular formula is C23H17NO2. The first-order chi connectivity index (χ1) is 12.8. The molecule has 0 aliphatic carbocycles. The number of pyridine rings is 1. The van der Waals surface area contributed by atoms with E-state index in [9.17, 15) is 4.79 Å². The molecule has 4 rings (SSSR count). The Kier molecular flexibility index (Phi) is 4.44. The highest BCUT2D eigenvalue weighted by atomic mass is 16.5. The van der Waals surface area contributed by atoms with E-state index >= 15 is 0 Å². The molecule has 0 spiro atoms. The lowest BCUT2D eigenvalue weighted by molar-refractivity contribution is 0.0371. The summed E-state index contributed by atoms with van der Waals surface area (Å²) >= 11 is 0. The first kappa shape index (κ1) is 16.0. The van der Waals surface area contributed by atoms with Gasteiger partial charge in [0.05, 0.1) is 5.52 Å². The predicted octanol–water partition coefficient (Wildman–Crippen LogP) is 5.18. The summed E-state index contributed by atoms with van der Waals surface area (Å²) in [5.41, 5.74) is 2.93. The molecular weight excluding hydrogens is 322 g/mol. The van der Waals surface area contributed by atoms with Crippen LogP contribution in [0, 0.1) is 0 Å². The number of carbonyl (C=O) groups is 1. The van der Waals surface area contributed by atoms with Gasteiger partial charge in [0.25, 0.3) is 0 Å². The number of hydrogen-bond acceptors (Lipinski definition) is 3. The van der Waals surface area contributed by atoms with Gasteiger partial charge in [0.2, 0.25) is 0 Å². The third kappa shape index (κ3) is 3.33. The largest absolute Gasteiger partial charge is 0.448 e. The Bertz CT molecular complexity index is 990. The maximum atomic E-state index is 12.8. The maximum Gasteiger partial charge on any atom is 0.357 e. The zero-order valence-corrected chi connectivity index (χ0v) is 14.1. The SMILES string of the molecule is O=C(OC(c1ccccc1)c1ccccc1)c1ccc2ccccc2n1. The maximum absolute atomic E-state index is 12.8. The molecule has 0 atom stereocenters. The Hall–Kier alpha value is -3.46. The van der Waals surface area contributed by atoms with Gasteiger partial charge in [-0.05, 0) is 23.3 Å². The van der Waals surface area contributed by atoms with Gasteiger partial charge in [-0.3, -0.25) is 0 Å². The summed E-state index contributed by atoms with van der Waals surface area (Å²) in [5.74, 6) is -0.437. The van der Waals surface area contributed by atoms with Crippen molar-refractivity contribution in [3.05, 3.63) is 114 Å². The lowest BCUT2D eigenvalue weighted by atomic mass is 10.0. The van der Waals surface area contributed by atoms with Gasteiger partial charge in [0.15, 0.2) is 6.10 Å². The number of hydrogen-bond donors (Lipinski definition) is 0. The van der Waals surface area contributed by atoms with E-state index in [4.69, 9.17) is 4.74 Å². The topological polar surface area (TPSA) is 39.2 Å². The fraction of sp³-hybridized carbons (Fsp3) is 0.0435. The minimum absolute atomic E-state index is 0.306. The lowest BCUT2D eigenvalue weighted by Gasteiger charge is -2.18. The third-order valence-corrected chi connectivity index (χ3v) is 4.24. The monoisotopic (exact) mass is 339 g/mol. The molecule has 3 nitrogen and oxygen atoms in total. The second-order valence-electron chi connectivity index (χ2n) is 6.00. The minimum atomic E-state index is -0.474. The molecule has 0 N–H and O–H groups in total. The second-order valence-corrected chi connectivity index (χ2v) is 6.00. The number of aromatic nitrogens is 1. The zero-order chi connectivity index (χ0) is 17.8. The van der Waals surface area contributed by atoms with Crippen molar-refractivity contribution in [1.29, 1.82) is 0 Å². The Balaban J connectivity index is 1.67. The fourth-order valence-electron chi connectivity index (χ4n) is 2.93. The molecule has 126 valence electrons. The van der Waals surface area contributed by atoms with Crippen molar-refractivity contribution in [1.82, 2.24) is 4.98 Å². The number of esters is 1. The van der Waals surface area contributed by atoms with Gasteiger partial charge >= 0.3 is 5.97 Å². The molecule has 4 aromatic rings. The van der Waals surface area contributed by atoms with E-state index in [1.807, 2.05) is 91.0 Å². The van der Waals surface area contributed by atoms with Crippen LogP contribution < -0.4 is 0 Å². The number of nitrogens with zero attached hydrogens (tertiary/aromatic N) is 1. The normalized spacial score (nSPS) is 10.8. The van der Waals surface area contributed by atoms with E-state index in [0.29, 0.717) is 5.69 Å². The van der Waals surface area contributed by atoms with Gasteiger partial charge in [-0.15, -0.1) is 0 Å². The average molecular weight is 339 g/mol. The highest BCUT2D eigenvalue weighted by Crippen LogP contribution is 2.27. The van der Waals surface area contributed by atoms with Crippen LogP contribution in [0.25, 0.3) is 10.9 Å². The van der Waals surface area contributed by atoms with E-state index in [1.165, 1.54) is 0 Å². The van der Waals surface area contributed by atoms with E-state index < -0.39 is 12.1 Å². The van der Waals surface area contributed by atoms with E-state index in [-0.39, 0.29) is 0 Å². The number of rotatable bonds is 4. The third-order valence-electron chi connectivity index (χ3n) is 4.24. The van der Waals surface area contributed by atoms with Crippen LogP contribution in [0.2, 0.25) is 0 Å². The van der Waals surface area contributed by atoms with Crippen molar-refractivity contribution in [3.63, 3.8) is 0 Å². The Labute approximate surface area is 151 Å². The predicted molar refractivity (Wildman–Crippen MR) is 102 cm³/mol. The Morgan fingerprint density at radius 2 is 1.27 bits per heavy atom. The molecule has 3 aromatic carbocycles. The van der Waals surface area contributed by atoms with Crippen LogP contribution in [-0.4, -0.2) is 11.0 Å². The van der Waals surface area contributed by atoms with Crippen LogP contribution in [-0.2, 0) is 4.74 Å². The van der Waals surface area contributed by atoms with Crippen molar-refractivity contribution in [3.8, 4) is 0 Å². The van der Waals surface area contributed by atoms with Gasteiger partial charge in [-0.25, -0.2) is 9.78 Å². The van der Waals surface area contributed by atoms with Crippen LogP contribution >= 0.6 is 0 Å². The van der Waals surface area contributed by atoms with Crippen molar-refractivity contribution in [2.45, 2.75) is 6.10 Å². The van der Waals surface area contributed by atoms with Crippen LogP contribution in [0.4, 0.5) is 0 Å². The van der Waals surface area contributed by atoms with Crippen molar-refractivity contribution >= 4 is 16.9 Å². The molecule has 26 heavy (non-hydrogen) atoms. The molecule has 0 aliphatic rings. The first-order valence-electron chi connectivity index (χ1n) is 8.48. The number of carbonyl (C=O) groups excluding carboxylic acids is 1. The van der Waals surface area contributed by atoms with E-state index in [2.05, 4.69) is 4.98 Å². The van der Waals surface area contributed by atoms with Gasteiger partial charge in [0.1, 0.15) is 5.69 Å². The quantitative estimate of drug-likeness (QED) is 0.481. The Morgan fingerprint density at radius 3 is 1.92 bits per heavy atom. The zero-order valence-electron chi connectivity index (χ0n) is 14.1. The van der Waals surface area contributed by atoms with Crippen molar-refractivity contribution in [2.24, 2.45) is 0 Å². The molecule has 1 heterocycles. The summed E-state index contributed by atoms with van der Waals surface area (Å²) in [6.07, 6.45) is -0.474. The fourth-order valence-corrected chi connectivity index (χ4v) is 2.93. The van der Waals surface area contributed by atoms with Gasteiger partial charge in [-0.1, -0.05) is 84.9 Å². The van der Waals surface area contributed by atoms with E-state index in [0.717, 1.165) is 22.0 Å². The minimum Gasteiger partial charge on any atom is -0.448 e. The lowest BCUT2D eigenvalue weighted by Crippen LogP contribution is -2.14. The second kappa shape index (κ2) is 7.19. The molecule has 0 amide bonds. The summed E-state index contributed by atoms with van der Waals surface area (Å²) in [4.78, 5) is 17.2. The smallest absolute Gasteiger partial charge is 0.357 e. The Morgan fingerprint density at radius 1 is 0.692 bits per heavy atom. The number of ether oxygens (including phenoxy) is 1. The number of benzene rings is 3. The summed E-state index contributed by atoms with van der Waals surface area (Å²) < 4.78 is 5.86. The van der Waals surface area contributed by atoms with Crippen molar-refractivity contribution in [2.75, 3.05) is 0 Å². The standard InChI is InChI=1S/C23H17NO2/c25-23(21-16-15-17-9-7-8-14-20(17)24-21)26-22(18-10-3-1-4-11-18)19-12-5-2-6-13-19/h1-16,22H. The van der Waals surface area contributed by atoms with Crippen LogP contribution in [0.15, 0.2) is 97.1 Å². The van der Waals surface area contributed by atoms with Crippen molar-refractivity contribution < 1.29 is 9.53 Å². The van der Waals surface area contributed by atoms with Gasteiger partial charge in [-0.2, -0.15) is 0 Å². The molecule has 0 bridgehead atoms.